The summed E-state index contributed by atoms with van der Waals surface area (Å²) in [6.45, 7) is 4.61. The number of aliphatic carboxylic acids is 1. The minimum Gasteiger partial charge on any atom is -0.481 e. The minimum absolute atomic E-state index is 0.342. The molecular formula is C19H21N3O3. The summed E-state index contributed by atoms with van der Waals surface area (Å²) >= 11 is 0. The number of anilines is 1. The summed E-state index contributed by atoms with van der Waals surface area (Å²) in [5, 5.41) is 8.68. The monoisotopic (exact) mass is 339 g/mol. The molecule has 25 heavy (non-hydrogen) atoms. The standard InChI is InChI=1S/C19H21N3O3/c23-17(12-19(24)25)16-6-7-18(20-13-16)22-10-8-21(9-11-22)14-15-4-2-1-3-5-15/h1-7,13H,8-12,14H2,(H,24,25). The summed E-state index contributed by atoms with van der Waals surface area (Å²) in [6.07, 6.45) is 0.968. The second kappa shape index (κ2) is 7.90. The van der Waals surface area contributed by atoms with Gasteiger partial charge in [0.1, 0.15) is 12.2 Å². The van der Waals surface area contributed by atoms with Crippen molar-refractivity contribution in [3.05, 3.63) is 59.8 Å². The van der Waals surface area contributed by atoms with Crippen LogP contribution in [0, 0.1) is 0 Å². The zero-order valence-corrected chi connectivity index (χ0v) is 14.0. The Labute approximate surface area is 146 Å². The maximum absolute atomic E-state index is 11.7. The predicted molar refractivity (Wildman–Crippen MR) is 94.8 cm³/mol. The molecule has 0 spiro atoms. The van der Waals surface area contributed by atoms with E-state index in [9.17, 15) is 9.59 Å². The number of carbonyl (C=O) groups is 2. The summed E-state index contributed by atoms with van der Waals surface area (Å²) in [6, 6.07) is 13.9. The molecule has 1 aromatic carbocycles. The number of pyridine rings is 1. The lowest BCUT2D eigenvalue weighted by Crippen LogP contribution is -2.46. The van der Waals surface area contributed by atoms with Crippen molar-refractivity contribution in [2.75, 3.05) is 31.1 Å². The number of carboxylic acid groups (broad SMARTS) is 1. The van der Waals surface area contributed by atoms with Crippen molar-refractivity contribution >= 4 is 17.6 Å². The number of carboxylic acids is 1. The molecule has 1 aliphatic rings. The highest BCUT2D eigenvalue weighted by atomic mass is 16.4. The number of carbonyl (C=O) groups excluding carboxylic acids is 1. The van der Waals surface area contributed by atoms with Crippen LogP contribution in [0.5, 0.6) is 0 Å². The van der Waals surface area contributed by atoms with Gasteiger partial charge in [0.05, 0.1) is 0 Å². The molecule has 1 saturated heterocycles. The third kappa shape index (κ3) is 4.64. The van der Waals surface area contributed by atoms with E-state index in [0.717, 1.165) is 38.5 Å². The van der Waals surface area contributed by atoms with Gasteiger partial charge in [0, 0.05) is 44.5 Å². The first-order valence-corrected chi connectivity index (χ1v) is 8.34. The second-order valence-corrected chi connectivity index (χ2v) is 6.15. The Bertz CT molecular complexity index is 723. The number of nitrogens with zero attached hydrogens (tertiary/aromatic N) is 3. The van der Waals surface area contributed by atoms with E-state index < -0.39 is 18.2 Å². The van der Waals surface area contributed by atoms with E-state index in [1.54, 1.807) is 12.1 Å². The van der Waals surface area contributed by atoms with Gasteiger partial charge in [-0.1, -0.05) is 30.3 Å². The summed E-state index contributed by atoms with van der Waals surface area (Å²) in [7, 11) is 0. The van der Waals surface area contributed by atoms with Gasteiger partial charge in [-0.2, -0.15) is 0 Å². The van der Waals surface area contributed by atoms with Crippen molar-refractivity contribution < 1.29 is 14.7 Å². The molecule has 1 N–H and O–H groups in total. The minimum atomic E-state index is -1.12. The Morgan fingerprint density at radius 2 is 1.72 bits per heavy atom. The van der Waals surface area contributed by atoms with Gasteiger partial charge >= 0.3 is 5.97 Å². The number of Topliss-reactive ketones (excluding diaryl/α,β-unsaturated/α-hetero) is 1. The molecule has 0 saturated carbocycles. The molecule has 3 rings (SSSR count). The van der Waals surface area contributed by atoms with E-state index in [1.807, 2.05) is 6.07 Å². The third-order valence-electron chi connectivity index (χ3n) is 4.33. The molecule has 1 fully saturated rings. The molecule has 0 atom stereocenters. The van der Waals surface area contributed by atoms with E-state index >= 15 is 0 Å². The van der Waals surface area contributed by atoms with Gasteiger partial charge in [-0.15, -0.1) is 0 Å². The smallest absolute Gasteiger partial charge is 0.311 e. The third-order valence-corrected chi connectivity index (χ3v) is 4.33. The first kappa shape index (κ1) is 17.1. The number of ketones is 1. The summed E-state index contributed by atoms with van der Waals surface area (Å²) in [5.74, 6) is -0.714. The van der Waals surface area contributed by atoms with E-state index in [2.05, 4.69) is 39.0 Å². The zero-order chi connectivity index (χ0) is 17.6. The first-order valence-electron chi connectivity index (χ1n) is 8.34. The molecule has 1 aromatic heterocycles. The average Bonchev–Trinajstić information content (AvgIpc) is 2.63. The molecule has 0 amide bonds. The van der Waals surface area contributed by atoms with Crippen LogP contribution in [0.3, 0.4) is 0 Å². The fourth-order valence-corrected chi connectivity index (χ4v) is 2.95. The van der Waals surface area contributed by atoms with Gasteiger partial charge in [0.25, 0.3) is 0 Å². The van der Waals surface area contributed by atoms with Crippen LogP contribution in [-0.2, 0) is 11.3 Å². The lowest BCUT2D eigenvalue weighted by molar-refractivity contribution is -0.135. The number of hydrogen-bond donors (Lipinski definition) is 1. The molecular weight excluding hydrogens is 318 g/mol. The van der Waals surface area contributed by atoms with Crippen LogP contribution in [0.2, 0.25) is 0 Å². The number of aromatic nitrogens is 1. The van der Waals surface area contributed by atoms with Gasteiger partial charge in [0.15, 0.2) is 5.78 Å². The van der Waals surface area contributed by atoms with E-state index in [0.29, 0.717) is 5.56 Å². The van der Waals surface area contributed by atoms with Crippen molar-refractivity contribution in [1.29, 1.82) is 0 Å². The van der Waals surface area contributed by atoms with E-state index in [1.165, 1.54) is 11.8 Å². The Morgan fingerprint density at radius 3 is 2.32 bits per heavy atom. The highest BCUT2D eigenvalue weighted by Crippen LogP contribution is 2.16. The summed E-state index contributed by atoms with van der Waals surface area (Å²) in [5.41, 5.74) is 1.66. The molecule has 1 aliphatic heterocycles. The Kier molecular flexibility index (Phi) is 5.40. The maximum Gasteiger partial charge on any atom is 0.311 e. The van der Waals surface area contributed by atoms with Gasteiger partial charge in [-0.05, 0) is 17.7 Å². The van der Waals surface area contributed by atoms with Gasteiger partial charge in [-0.25, -0.2) is 4.98 Å². The molecule has 0 radical (unpaired) electrons. The Balaban J connectivity index is 1.54. The quantitative estimate of drug-likeness (QED) is 0.641. The molecule has 0 bridgehead atoms. The second-order valence-electron chi connectivity index (χ2n) is 6.15. The lowest BCUT2D eigenvalue weighted by atomic mass is 10.1. The number of piperazine rings is 1. The van der Waals surface area contributed by atoms with Gasteiger partial charge in [0.2, 0.25) is 0 Å². The van der Waals surface area contributed by atoms with Crippen molar-refractivity contribution in [3.63, 3.8) is 0 Å². The van der Waals surface area contributed by atoms with Crippen LogP contribution in [0.15, 0.2) is 48.7 Å². The first-order chi connectivity index (χ1) is 12.1. The molecule has 130 valence electrons. The van der Waals surface area contributed by atoms with Gasteiger partial charge in [-0.3, -0.25) is 14.5 Å². The predicted octanol–water partition coefficient (Wildman–Crippen LogP) is 2.06. The molecule has 0 unspecified atom stereocenters. The maximum atomic E-state index is 11.7. The SMILES string of the molecule is O=C(O)CC(=O)c1ccc(N2CCN(Cc3ccccc3)CC2)nc1. The average molecular weight is 339 g/mol. The topological polar surface area (TPSA) is 73.7 Å². The van der Waals surface area contributed by atoms with Crippen molar-refractivity contribution in [3.8, 4) is 0 Å². The fourth-order valence-electron chi connectivity index (χ4n) is 2.95. The summed E-state index contributed by atoms with van der Waals surface area (Å²) in [4.78, 5) is 31.3. The van der Waals surface area contributed by atoms with E-state index in [-0.39, 0.29) is 0 Å². The van der Waals surface area contributed by atoms with Crippen molar-refractivity contribution in [2.24, 2.45) is 0 Å². The Morgan fingerprint density at radius 1 is 1.00 bits per heavy atom. The van der Waals surface area contributed by atoms with Crippen LogP contribution < -0.4 is 4.90 Å². The number of rotatable bonds is 6. The highest BCUT2D eigenvalue weighted by Gasteiger charge is 2.18. The van der Waals surface area contributed by atoms with Crippen molar-refractivity contribution in [1.82, 2.24) is 9.88 Å². The fraction of sp³-hybridized carbons (Fsp3) is 0.316. The largest absolute Gasteiger partial charge is 0.481 e. The zero-order valence-electron chi connectivity index (χ0n) is 14.0. The number of benzene rings is 1. The van der Waals surface area contributed by atoms with Crippen molar-refractivity contribution in [2.45, 2.75) is 13.0 Å². The van der Waals surface area contributed by atoms with Crippen LogP contribution in [-0.4, -0.2) is 52.9 Å². The molecule has 6 heteroatoms. The summed E-state index contributed by atoms with van der Waals surface area (Å²) < 4.78 is 0. The van der Waals surface area contributed by atoms with Crippen LogP contribution in [0.25, 0.3) is 0 Å². The molecule has 2 heterocycles. The van der Waals surface area contributed by atoms with Crippen LogP contribution in [0.1, 0.15) is 22.3 Å². The normalized spacial score (nSPS) is 15.1. The molecule has 0 aliphatic carbocycles. The Hall–Kier alpha value is -2.73. The van der Waals surface area contributed by atoms with Gasteiger partial charge < -0.3 is 10.0 Å². The molecule has 2 aromatic rings. The highest BCUT2D eigenvalue weighted by molar-refractivity contribution is 6.05. The van der Waals surface area contributed by atoms with Crippen LogP contribution in [0.4, 0.5) is 5.82 Å². The lowest BCUT2D eigenvalue weighted by Gasteiger charge is -2.35. The van der Waals surface area contributed by atoms with E-state index in [4.69, 9.17) is 5.11 Å². The van der Waals surface area contributed by atoms with Crippen LogP contribution >= 0.6 is 0 Å². The number of hydrogen-bond acceptors (Lipinski definition) is 5. The molecule has 6 nitrogen and oxygen atoms in total.